The zero-order valence-electron chi connectivity index (χ0n) is 10.3. The number of benzene rings is 1. The Kier molecular flexibility index (Phi) is 3.84. The molecule has 0 aromatic heterocycles. The third-order valence-electron chi connectivity index (χ3n) is 3.10. The summed E-state index contributed by atoms with van der Waals surface area (Å²) in [4.78, 5) is 0.109. The number of anilines is 1. The zero-order chi connectivity index (χ0) is 13.3. The summed E-state index contributed by atoms with van der Waals surface area (Å²) in [5, 5.41) is 0.380. The fourth-order valence-corrected chi connectivity index (χ4v) is 3.76. The molecule has 1 aliphatic carbocycles. The standard InChI is InChI=1S/C12H17ClN2O2S/c1-2-15(8-9-3-4-9)18(16,17)12-7-10(13)5-6-11(12)14/h5-7,9H,2-4,8,14H2,1H3. The van der Waals surface area contributed by atoms with E-state index < -0.39 is 10.0 Å². The van der Waals surface area contributed by atoms with Gasteiger partial charge < -0.3 is 5.73 Å². The van der Waals surface area contributed by atoms with E-state index in [1.54, 1.807) is 6.07 Å². The monoisotopic (exact) mass is 288 g/mol. The summed E-state index contributed by atoms with van der Waals surface area (Å²) >= 11 is 5.85. The van der Waals surface area contributed by atoms with Crippen LogP contribution in [0.2, 0.25) is 5.02 Å². The third kappa shape index (κ3) is 2.79. The second-order valence-electron chi connectivity index (χ2n) is 4.58. The van der Waals surface area contributed by atoms with Gasteiger partial charge in [0.25, 0.3) is 0 Å². The predicted molar refractivity (Wildman–Crippen MR) is 73.0 cm³/mol. The van der Waals surface area contributed by atoms with Gasteiger partial charge in [-0.25, -0.2) is 8.42 Å². The molecular weight excluding hydrogens is 272 g/mol. The lowest BCUT2D eigenvalue weighted by Crippen LogP contribution is -2.33. The molecule has 0 radical (unpaired) electrons. The lowest BCUT2D eigenvalue weighted by molar-refractivity contribution is 0.412. The Balaban J connectivity index is 2.35. The first-order valence-electron chi connectivity index (χ1n) is 6.00. The van der Waals surface area contributed by atoms with Crippen LogP contribution in [0.1, 0.15) is 19.8 Å². The van der Waals surface area contributed by atoms with E-state index in [4.69, 9.17) is 17.3 Å². The Bertz CT molecular complexity index is 541. The number of hydrogen-bond donors (Lipinski definition) is 1. The van der Waals surface area contributed by atoms with Gasteiger partial charge in [0.2, 0.25) is 10.0 Å². The molecule has 18 heavy (non-hydrogen) atoms. The van der Waals surface area contributed by atoms with Crippen molar-refractivity contribution in [2.45, 2.75) is 24.7 Å². The largest absolute Gasteiger partial charge is 0.398 e. The van der Waals surface area contributed by atoms with Crippen LogP contribution in [0, 0.1) is 5.92 Å². The lowest BCUT2D eigenvalue weighted by atomic mass is 10.3. The van der Waals surface area contributed by atoms with Crippen LogP contribution in [0.25, 0.3) is 0 Å². The van der Waals surface area contributed by atoms with E-state index in [1.165, 1.54) is 16.4 Å². The van der Waals surface area contributed by atoms with Crippen LogP contribution in [0.15, 0.2) is 23.1 Å². The minimum Gasteiger partial charge on any atom is -0.398 e. The van der Waals surface area contributed by atoms with E-state index in [0.29, 0.717) is 24.0 Å². The first kappa shape index (κ1) is 13.6. The molecule has 0 saturated heterocycles. The van der Waals surface area contributed by atoms with Gasteiger partial charge in [0.1, 0.15) is 4.90 Å². The van der Waals surface area contributed by atoms with Crippen LogP contribution < -0.4 is 5.73 Å². The van der Waals surface area contributed by atoms with Crippen LogP contribution in [-0.2, 0) is 10.0 Å². The van der Waals surface area contributed by atoms with Crippen molar-refractivity contribution in [3.8, 4) is 0 Å². The molecule has 0 atom stereocenters. The number of nitrogen functional groups attached to an aromatic ring is 1. The molecule has 2 N–H and O–H groups in total. The van der Waals surface area contributed by atoms with Crippen LogP contribution in [0.3, 0.4) is 0 Å². The Morgan fingerprint density at radius 3 is 2.67 bits per heavy atom. The molecule has 1 aromatic rings. The molecule has 0 spiro atoms. The smallest absolute Gasteiger partial charge is 0.245 e. The van der Waals surface area contributed by atoms with Gasteiger partial charge in [-0.3, -0.25) is 0 Å². The maximum atomic E-state index is 12.5. The molecule has 100 valence electrons. The second kappa shape index (κ2) is 5.07. The maximum absolute atomic E-state index is 12.5. The van der Waals surface area contributed by atoms with Gasteiger partial charge in [-0.15, -0.1) is 0 Å². The highest BCUT2D eigenvalue weighted by Crippen LogP contribution is 2.33. The van der Waals surface area contributed by atoms with Crippen LogP contribution >= 0.6 is 11.6 Å². The minimum absolute atomic E-state index is 0.109. The van der Waals surface area contributed by atoms with Crippen molar-refractivity contribution in [1.82, 2.24) is 4.31 Å². The molecule has 1 aromatic carbocycles. The first-order chi connectivity index (χ1) is 8.45. The van der Waals surface area contributed by atoms with Crippen molar-refractivity contribution >= 4 is 27.3 Å². The summed E-state index contributed by atoms with van der Waals surface area (Å²) in [6.45, 7) is 2.86. The van der Waals surface area contributed by atoms with Gasteiger partial charge >= 0.3 is 0 Å². The molecule has 0 amide bonds. The van der Waals surface area contributed by atoms with Crippen molar-refractivity contribution in [3.05, 3.63) is 23.2 Å². The molecule has 0 unspecified atom stereocenters. The van der Waals surface area contributed by atoms with Crippen LogP contribution in [0.4, 0.5) is 5.69 Å². The zero-order valence-corrected chi connectivity index (χ0v) is 11.8. The summed E-state index contributed by atoms with van der Waals surface area (Å²) in [7, 11) is -3.54. The lowest BCUT2D eigenvalue weighted by Gasteiger charge is -2.21. The Morgan fingerprint density at radius 2 is 2.11 bits per heavy atom. The number of halogens is 1. The first-order valence-corrected chi connectivity index (χ1v) is 7.82. The number of hydrogen-bond acceptors (Lipinski definition) is 3. The average molecular weight is 289 g/mol. The maximum Gasteiger partial charge on any atom is 0.245 e. The van der Waals surface area contributed by atoms with E-state index in [0.717, 1.165) is 12.8 Å². The van der Waals surface area contributed by atoms with Gasteiger partial charge in [0.15, 0.2) is 0 Å². The minimum atomic E-state index is -3.54. The molecule has 6 heteroatoms. The molecule has 0 bridgehead atoms. The Hall–Kier alpha value is -0.780. The molecule has 0 heterocycles. The summed E-state index contributed by atoms with van der Waals surface area (Å²) in [5.41, 5.74) is 5.99. The SMILES string of the molecule is CCN(CC1CC1)S(=O)(=O)c1cc(Cl)ccc1N. The highest BCUT2D eigenvalue weighted by atomic mass is 35.5. The number of sulfonamides is 1. The molecule has 1 saturated carbocycles. The molecule has 0 aliphatic heterocycles. The van der Waals surface area contributed by atoms with Gasteiger partial charge in [-0.2, -0.15) is 4.31 Å². The van der Waals surface area contributed by atoms with Crippen molar-refractivity contribution in [1.29, 1.82) is 0 Å². The summed E-state index contributed by atoms with van der Waals surface area (Å²) in [6, 6.07) is 4.54. The van der Waals surface area contributed by atoms with Crippen LogP contribution in [-0.4, -0.2) is 25.8 Å². The van der Waals surface area contributed by atoms with Gasteiger partial charge in [0.05, 0.1) is 5.69 Å². The molecule has 4 nitrogen and oxygen atoms in total. The van der Waals surface area contributed by atoms with Gasteiger partial charge in [-0.1, -0.05) is 18.5 Å². The summed E-state index contributed by atoms with van der Waals surface area (Å²) < 4.78 is 26.5. The Morgan fingerprint density at radius 1 is 1.44 bits per heavy atom. The topological polar surface area (TPSA) is 63.4 Å². The van der Waals surface area contributed by atoms with E-state index in [2.05, 4.69) is 0 Å². The highest BCUT2D eigenvalue weighted by Gasteiger charge is 2.31. The van der Waals surface area contributed by atoms with Crippen molar-refractivity contribution < 1.29 is 8.42 Å². The second-order valence-corrected chi connectivity index (χ2v) is 6.92. The highest BCUT2D eigenvalue weighted by molar-refractivity contribution is 7.89. The average Bonchev–Trinajstić information content (AvgIpc) is 3.12. The molecular formula is C12H17ClN2O2S. The van der Waals surface area contributed by atoms with Gasteiger partial charge in [0, 0.05) is 18.1 Å². The van der Waals surface area contributed by atoms with E-state index in [1.807, 2.05) is 6.92 Å². The van der Waals surface area contributed by atoms with Crippen molar-refractivity contribution in [2.75, 3.05) is 18.8 Å². The predicted octanol–water partition coefficient (Wildman–Crippen LogP) is 2.34. The third-order valence-corrected chi connectivity index (χ3v) is 5.34. The summed E-state index contributed by atoms with van der Waals surface area (Å²) in [6.07, 6.45) is 2.22. The van der Waals surface area contributed by atoms with E-state index in [-0.39, 0.29) is 10.6 Å². The van der Waals surface area contributed by atoms with E-state index >= 15 is 0 Å². The van der Waals surface area contributed by atoms with Crippen molar-refractivity contribution in [3.63, 3.8) is 0 Å². The van der Waals surface area contributed by atoms with Crippen LogP contribution in [0.5, 0.6) is 0 Å². The number of nitrogens with two attached hydrogens (primary N) is 1. The Labute approximate surface area is 113 Å². The van der Waals surface area contributed by atoms with Gasteiger partial charge in [-0.05, 0) is 37.0 Å². The quantitative estimate of drug-likeness (QED) is 0.846. The summed E-state index contributed by atoms with van der Waals surface area (Å²) in [5.74, 6) is 0.500. The number of nitrogens with zero attached hydrogens (tertiary/aromatic N) is 1. The molecule has 2 rings (SSSR count). The fraction of sp³-hybridized carbons (Fsp3) is 0.500. The van der Waals surface area contributed by atoms with Crippen molar-refractivity contribution in [2.24, 2.45) is 5.92 Å². The fourth-order valence-electron chi connectivity index (χ4n) is 1.86. The molecule has 1 aliphatic rings. The molecule has 1 fully saturated rings. The normalized spacial score (nSPS) is 16.2. The van der Waals surface area contributed by atoms with E-state index in [9.17, 15) is 8.42 Å². The number of rotatable bonds is 5.